The number of hydrazone groups is 1. The number of halogens is 2. The van der Waals surface area contributed by atoms with Gasteiger partial charge in [0.05, 0.1) is 16.3 Å². The van der Waals surface area contributed by atoms with E-state index in [9.17, 15) is 9.59 Å². The average Bonchev–Trinajstić information content (AvgIpc) is 2.75. The molecule has 0 bridgehead atoms. The number of hydrogen-bond acceptors (Lipinski definition) is 4. The number of rotatable bonds is 7. The molecule has 3 aromatic carbocycles. The van der Waals surface area contributed by atoms with Gasteiger partial charge in [-0.3, -0.25) is 9.59 Å². The van der Waals surface area contributed by atoms with E-state index in [2.05, 4.69) is 15.8 Å². The van der Waals surface area contributed by atoms with Crippen molar-refractivity contribution in [1.82, 2.24) is 10.7 Å². The van der Waals surface area contributed by atoms with E-state index in [1.807, 2.05) is 36.4 Å². The Morgan fingerprint density at radius 2 is 1.83 bits per heavy atom. The van der Waals surface area contributed by atoms with E-state index in [0.29, 0.717) is 21.4 Å². The average molecular weight is 444 g/mol. The minimum atomic E-state index is -0.801. The molecular weight excluding hydrogens is 425 g/mol. The Balaban J connectivity index is 1.47. The number of fused-ring (bicyclic) bond motifs is 1. The normalized spacial score (nSPS) is 12.0. The van der Waals surface area contributed by atoms with Crippen molar-refractivity contribution in [2.24, 2.45) is 5.10 Å². The summed E-state index contributed by atoms with van der Waals surface area (Å²) in [6.07, 6.45) is 1.38. The van der Waals surface area contributed by atoms with Gasteiger partial charge in [0.2, 0.25) is 0 Å². The van der Waals surface area contributed by atoms with E-state index in [4.69, 9.17) is 27.9 Å². The molecule has 0 aliphatic carbocycles. The number of hydrogen-bond donors (Lipinski definition) is 2. The summed E-state index contributed by atoms with van der Waals surface area (Å²) in [6, 6.07) is 17.7. The first-order chi connectivity index (χ1) is 14.4. The number of carbonyl (C=O) groups excluding carboxylic acids is 2. The molecule has 0 unspecified atom stereocenters. The van der Waals surface area contributed by atoms with Crippen LogP contribution in [0.1, 0.15) is 12.5 Å². The second-order valence-electron chi connectivity index (χ2n) is 6.46. The van der Waals surface area contributed by atoms with Gasteiger partial charge in [0.15, 0.2) is 6.61 Å². The van der Waals surface area contributed by atoms with Gasteiger partial charge >= 0.3 is 0 Å². The highest BCUT2D eigenvalue weighted by Gasteiger charge is 2.15. The molecule has 3 rings (SSSR count). The van der Waals surface area contributed by atoms with Crippen LogP contribution in [0, 0.1) is 0 Å². The second kappa shape index (κ2) is 10.1. The molecule has 30 heavy (non-hydrogen) atoms. The predicted octanol–water partition coefficient (Wildman–Crippen LogP) is 4.18. The fraction of sp³-hybridized carbons (Fsp3) is 0.136. The SMILES string of the molecule is C[C@@H](NC(=O)COc1ccc2ccccc2c1)C(=O)N/N=C\c1cccc(Cl)c1Cl. The van der Waals surface area contributed by atoms with E-state index in [-0.39, 0.29) is 6.61 Å². The standard InChI is InChI=1S/C22H19Cl2N3O3/c1-14(22(29)27-25-12-17-7-4-8-19(23)21(17)24)26-20(28)13-30-18-10-9-15-5-2-3-6-16(15)11-18/h2-12,14H,13H2,1H3,(H,26,28)(H,27,29)/b25-12-/t14-/m1/s1. The van der Waals surface area contributed by atoms with E-state index >= 15 is 0 Å². The van der Waals surface area contributed by atoms with Crippen LogP contribution < -0.4 is 15.5 Å². The van der Waals surface area contributed by atoms with Crippen LogP contribution in [0.15, 0.2) is 65.8 Å². The molecule has 1 atom stereocenters. The largest absolute Gasteiger partial charge is 0.484 e. The second-order valence-corrected chi connectivity index (χ2v) is 7.25. The molecule has 3 aromatic rings. The molecule has 0 saturated carbocycles. The van der Waals surface area contributed by atoms with Crippen LogP contribution in [-0.2, 0) is 9.59 Å². The lowest BCUT2D eigenvalue weighted by molar-refractivity contribution is -0.129. The molecule has 2 amide bonds. The van der Waals surface area contributed by atoms with Gasteiger partial charge in [0.25, 0.3) is 11.8 Å². The molecule has 0 aromatic heterocycles. The monoisotopic (exact) mass is 443 g/mol. The van der Waals surface area contributed by atoms with Gasteiger partial charge in [-0.25, -0.2) is 5.43 Å². The summed E-state index contributed by atoms with van der Waals surface area (Å²) in [4.78, 5) is 24.2. The fourth-order valence-corrected chi connectivity index (χ4v) is 2.99. The van der Waals surface area contributed by atoms with Crippen LogP contribution >= 0.6 is 23.2 Å². The highest BCUT2D eigenvalue weighted by atomic mass is 35.5. The maximum atomic E-state index is 12.1. The van der Waals surface area contributed by atoms with E-state index in [1.54, 1.807) is 31.2 Å². The quantitative estimate of drug-likeness (QED) is 0.424. The van der Waals surface area contributed by atoms with Crippen LogP contribution in [0.3, 0.4) is 0 Å². The zero-order valence-electron chi connectivity index (χ0n) is 16.1. The van der Waals surface area contributed by atoms with Crippen LogP contribution in [0.2, 0.25) is 10.0 Å². The summed E-state index contributed by atoms with van der Waals surface area (Å²) in [7, 11) is 0. The Bertz CT molecular complexity index is 1100. The molecule has 0 radical (unpaired) electrons. The van der Waals surface area contributed by atoms with Crippen molar-refractivity contribution in [2.45, 2.75) is 13.0 Å². The Morgan fingerprint density at radius 1 is 1.07 bits per heavy atom. The lowest BCUT2D eigenvalue weighted by atomic mass is 10.1. The van der Waals surface area contributed by atoms with Gasteiger partial charge in [0, 0.05) is 5.56 Å². The molecule has 8 heteroatoms. The van der Waals surface area contributed by atoms with E-state index in [0.717, 1.165) is 10.8 Å². The molecule has 0 spiro atoms. The van der Waals surface area contributed by atoms with Crippen molar-refractivity contribution in [1.29, 1.82) is 0 Å². The first kappa shape index (κ1) is 21.6. The number of nitrogens with zero attached hydrogens (tertiary/aromatic N) is 1. The minimum Gasteiger partial charge on any atom is -0.484 e. The number of carbonyl (C=O) groups is 2. The molecular formula is C22H19Cl2N3O3. The first-order valence-electron chi connectivity index (χ1n) is 9.12. The third-order valence-electron chi connectivity index (χ3n) is 4.22. The highest BCUT2D eigenvalue weighted by molar-refractivity contribution is 6.43. The van der Waals surface area contributed by atoms with Crippen LogP contribution in [0.5, 0.6) is 5.75 Å². The van der Waals surface area contributed by atoms with Crippen molar-refractivity contribution >= 4 is 52.0 Å². The van der Waals surface area contributed by atoms with Gasteiger partial charge in [0.1, 0.15) is 11.8 Å². The number of ether oxygens (including phenoxy) is 1. The smallest absolute Gasteiger partial charge is 0.262 e. The molecule has 0 fully saturated rings. The number of nitrogens with one attached hydrogen (secondary N) is 2. The summed E-state index contributed by atoms with van der Waals surface area (Å²) in [5.41, 5.74) is 2.91. The molecule has 154 valence electrons. The van der Waals surface area contributed by atoms with E-state index < -0.39 is 17.9 Å². The topological polar surface area (TPSA) is 79.8 Å². The molecule has 0 aliphatic heterocycles. The van der Waals surface area contributed by atoms with E-state index in [1.165, 1.54) is 6.21 Å². The lowest BCUT2D eigenvalue weighted by Gasteiger charge is -2.13. The Labute approximate surface area is 183 Å². The van der Waals surface area contributed by atoms with Crippen LogP contribution in [0.4, 0.5) is 0 Å². The van der Waals surface area contributed by atoms with Crippen LogP contribution in [0.25, 0.3) is 10.8 Å². The molecule has 0 aliphatic rings. The Morgan fingerprint density at radius 3 is 2.63 bits per heavy atom. The highest BCUT2D eigenvalue weighted by Crippen LogP contribution is 2.24. The summed E-state index contributed by atoms with van der Waals surface area (Å²) in [6.45, 7) is 1.34. The maximum Gasteiger partial charge on any atom is 0.262 e. The van der Waals surface area contributed by atoms with Gasteiger partial charge in [-0.1, -0.05) is 65.7 Å². The Kier molecular flexibility index (Phi) is 7.27. The summed E-state index contributed by atoms with van der Waals surface area (Å²) >= 11 is 12.0. The third kappa shape index (κ3) is 5.72. The fourth-order valence-electron chi connectivity index (χ4n) is 2.64. The zero-order chi connectivity index (χ0) is 21.5. The van der Waals surface area contributed by atoms with Crippen molar-refractivity contribution in [3.05, 3.63) is 76.3 Å². The number of amides is 2. The van der Waals surface area contributed by atoms with Crippen molar-refractivity contribution in [2.75, 3.05) is 6.61 Å². The van der Waals surface area contributed by atoms with Crippen molar-refractivity contribution in [3.8, 4) is 5.75 Å². The molecule has 6 nitrogen and oxygen atoms in total. The summed E-state index contributed by atoms with van der Waals surface area (Å²) in [5.74, 6) is -0.333. The molecule has 2 N–H and O–H groups in total. The van der Waals surface area contributed by atoms with Gasteiger partial charge in [-0.05, 0) is 35.9 Å². The zero-order valence-corrected chi connectivity index (χ0v) is 17.6. The summed E-state index contributed by atoms with van der Waals surface area (Å²) < 4.78 is 5.52. The third-order valence-corrected chi connectivity index (χ3v) is 5.06. The van der Waals surface area contributed by atoms with Gasteiger partial charge in [-0.2, -0.15) is 5.10 Å². The Hall–Kier alpha value is -3.09. The van der Waals surface area contributed by atoms with Gasteiger partial charge in [-0.15, -0.1) is 0 Å². The summed E-state index contributed by atoms with van der Waals surface area (Å²) in [5, 5.41) is 9.23. The first-order valence-corrected chi connectivity index (χ1v) is 9.87. The maximum absolute atomic E-state index is 12.1. The molecule has 0 saturated heterocycles. The van der Waals surface area contributed by atoms with Crippen LogP contribution in [-0.4, -0.2) is 30.7 Å². The van der Waals surface area contributed by atoms with Gasteiger partial charge < -0.3 is 10.1 Å². The van der Waals surface area contributed by atoms with Crippen molar-refractivity contribution < 1.29 is 14.3 Å². The predicted molar refractivity (Wildman–Crippen MR) is 119 cm³/mol. The lowest BCUT2D eigenvalue weighted by Crippen LogP contribution is -2.45. The van der Waals surface area contributed by atoms with Crippen molar-refractivity contribution in [3.63, 3.8) is 0 Å². The molecule has 0 heterocycles. The minimum absolute atomic E-state index is 0.211. The number of benzene rings is 3.